The summed E-state index contributed by atoms with van der Waals surface area (Å²) in [5, 5.41) is 11.5. The van der Waals surface area contributed by atoms with Crippen LogP contribution in [-0.2, 0) is 4.79 Å². The van der Waals surface area contributed by atoms with Crippen molar-refractivity contribution < 1.29 is 14.7 Å². The molecule has 1 heterocycles. The highest BCUT2D eigenvalue weighted by Crippen LogP contribution is 2.21. The highest BCUT2D eigenvalue weighted by atomic mass is 16.4. The molecule has 0 aromatic heterocycles. The second-order valence-corrected chi connectivity index (χ2v) is 4.86. The number of hydrogen-bond donors (Lipinski definition) is 2. The highest BCUT2D eigenvalue weighted by Gasteiger charge is 2.24. The van der Waals surface area contributed by atoms with Crippen LogP contribution in [0.15, 0.2) is 12.7 Å². The number of rotatable bonds is 5. The Kier molecular flexibility index (Phi) is 5.68. The van der Waals surface area contributed by atoms with Gasteiger partial charge in [-0.15, -0.1) is 6.58 Å². The zero-order valence-corrected chi connectivity index (χ0v) is 10.9. The molecule has 0 radical (unpaired) electrons. The Balaban J connectivity index is 2.40. The predicted molar refractivity (Wildman–Crippen MR) is 69.4 cm³/mol. The monoisotopic (exact) mass is 254 g/mol. The number of amides is 2. The summed E-state index contributed by atoms with van der Waals surface area (Å²) in [4.78, 5) is 24.2. The van der Waals surface area contributed by atoms with Crippen molar-refractivity contribution in [2.24, 2.45) is 5.92 Å². The number of hydrogen-bond acceptors (Lipinski definition) is 2. The molecule has 1 rings (SSSR count). The topological polar surface area (TPSA) is 69.6 Å². The molecule has 2 atom stereocenters. The van der Waals surface area contributed by atoms with Gasteiger partial charge in [-0.3, -0.25) is 4.79 Å². The summed E-state index contributed by atoms with van der Waals surface area (Å²) in [7, 11) is 0. The number of likely N-dealkylation sites (tertiary alicyclic amines) is 1. The lowest BCUT2D eigenvalue weighted by molar-refractivity contribution is -0.137. The van der Waals surface area contributed by atoms with Crippen LogP contribution in [0, 0.1) is 5.92 Å². The van der Waals surface area contributed by atoms with E-state index in [1.807, 2.05) is 6.92 Å². The molecule has 0 aliphatic carbocycles. The predicted octanol–water partition coefficient (Wildman–Crippen LogP) is 1.85. The van der Waals surface area contributed by atoms with Gasteiger partial charge in [0.25, 0.3) is 0 Å². The zero-order chi connectivity index (χ0) is 13.5. The molecular formula is C13H22N2O3. The molecule has 0 saturated carbocycles. The number of carbonyl (C=O) groups excluding carboxylic acids is 1. The van der Waals surface area contributed by atoms with Crippen LogP contribution in [0.1, 0.15) is 32.6 Å². The number of urea groups is 1. The van der Waals surface area contributed by atoms with E-state index in [0.717, 1.165) is 19.4 Å². The van der Waals surface area contributed by atoms with Gasteiger partial charge >= 0.3 is 12.0 Å². The fourth-order valence-corrected chi connectivity index (χ4v) is 2.16. The van der Waals surface area contributed by atoms with E-state index < -0.39 is 5.97 Å². The first-order valence-corrected chi connectivity index (χ1v) is 6.42. The molecule has 0 aromatic rings. The van der Waals surface area contributed by atoms with Crippen molar-refractivity contribution in [1.82, 2.24) is 10.2 Å². The number of aliphatic carboxylic acids is 1. The fraction of sp³-hybridized carbons (Fsp3) is 0.692. The SMILES string of the molecule is C=CC(C)NC(=O)N1CCCC(CCC(=O)O)C1. The summed E-state index contributed by atoms with van der Waals surface area (Å²) in [5.41, 5.74) is 0. The van der Waals surface area contributed by atoms with Crippen molar-refractivity contribution in [3.05, 3.63) is 12.7 Å². The van der Waals surface area contributed by atoms with Crippen LogP contribution in [0.5, 0.6) is 0 Å². The Hall–Kier alpha value is -1.52. The van der Waals surface area contributed by atoms with E-state index in [1.54, 1.807) is 11.0 Å². The first-order valence-electron chi connectivity index (χ1n) is 6.42. The van der Waals surface area contributed by atoms with E-state index in [1.165, 1.54) is 0 Å². The molecule has 0 spiro atoms. The van der Waals surface area contributed by atoms with Gasteiger partial charge in [0.2, 0.25) is 0 Å². The van der Waals surface area contributed by atoms with Crippen LogP contribution in [0.4, 0.5) is 4.79 Å². The van der Waals surface area contributed by atoms with Gasteiger partial charge in [0.05, 0.1) is 0 Å². The van der Waals surface area contributed by atoms with Crippen LogP contribution in [0.2, 0.25) is 0 Å². The van der Waals surface area contributed by atoms with E-state index in [4.69, 9.17) is 5.11 Å². The number of carbonyl (C=O) groups is 2. The first-order chi connectivity index (χ1) is 8.52. The third-order valence-corrected chi connectivity index (χ3v) is 3.28. The van der Waals surface area contributed by atoms with Gasteiger partial charge < -0.3 is 15.3 Å². The Morgan fingerprint density at radius 3 is 2.94 bits per heavy atom. The van der Waals surface area contributed by atoms with Gasteiger partial charge in [0.15, 0.2) is 0 Å². The molecule has 18 heavy (non-hydrogen) atoms. The standard InChI is InChI=1S/C13H22N2O3/c1-3-10(2)14-13(18)15-8-4-5-11(9-15)6-7-12(16)17/h3,10-11H,1,4-9H2,2H3,(H,14,18)(H,16,17). The Morgan fingerprint density at radius 1 is 1.61 bits per heavy atom. The maximum absolute atomic E-state index is 11.9. The van der Waals surface area contributed by atoms with Crippen LogP contribution < -0.4 is 5.32 Å². The lowest BCUT2D eigenvalue weighted by Crippen LogP contribution is -2.47. The van der Waals surface area contributed by atoms with Crippen LogP contribution in [0.3, 0.4) is 0 Å². The van der Waals surface area contributed by atoms with Crippen LogP contribution in [-0.4, -0.2) is 41.1 Å². The molecule has 1 saturated heterocycles. The number of carboxylic acid groups (broad SMARTS) is 1. The summed E-state index contributed by atoms with van der Waals surface area (Å²) in [6, 6.07) is -0.126. The van der Waals surface area contributed by atoms with E-state index in [9.17, 15) is 9.59 Å². The smallest absolute Gasteiger partial charge is 0.317 e. The minimum atomic E-state index is -0.767. The van der Waals surface area contributed by atoms with Gasteiger partial charge in [-0.1, -0.05) is 6.08 Å². The molecule has 1 aliphatic rings. The third-order valence-electron chi connectivity index (χ3n) is 3.28. The molecule has 1 aliphatic heterocycles. The number of piperidine rings is 1. The second-order valence-electron chi connectivity index (χ2n) is 4.86. The Labute approximate surface area is 108 Å². The van der Waals surface area contributed by atoms with Gasteiger partial charge in [0.1, 0.15) is 0 Å². The molecule has 1 fully saturated rings. The van der Waals surface area contributed by atoms with Crippen molar-refractivity contribution in [3.63, 3.8) is 0 Å². The highest BCUT2D eigenvalue weighted by molar-refractivity contribution is 5.74. The molecule has 102 valence electrons. The second kappa shape index (κ2) is 7.03. The van der Waals surface area contributed by atoms with Crippen molar-refractivity contribution in [3.8, 4) is 0 Å². The summed E-state index contributed by atoms with van der Waals surface area (Å²) in [6.45, 7) is 6.90. The molecule has 5 nitrogen and oxygen atoms in total. The molecule has 0 bridgehead atoms. The van der Waals surface area contributed by atoms with Crippen LogP contribution in [0.25, 0.3) is 0 Å². The summed E-state index contributed by atoms with van der Waals surface area (Å²) in [6.07, 6.45) is 4.47. The summed E-state index contributed by atoms with van der Waals surface area (Å²) >= 11 is 0. The quantitative estimate of drug-likeness (QED) is 0.736. The minimum Gasteiger partial charge on any atom is -0.481 e. The van der Waals surface area contributed by atoms with Gasteiger partial charge in [-0.25, -0.2) is 4.79 Å². The van der Waals surface area contributed by atoms with Gasteiger partial charge in [-0.2, -0.15) is 0 Å². The van der Waals surface area contributed by atoms with Gasteiger partial charge in [0, 0.05) is 25.6 Å². The number of nitrogens with one attached hydrogen (secondary N) is 1. The zero-order valence-electron chi connectivity index (χ0n) is 10.9. The Morgan fingerprint density at radius 2 is 2.33 bits per heavy atom. The first kappa shape index (κ1) is 14.5. The normalized spacial score (nSPS) is 21.2. The fourth-order valence-electron chi connectivity index (χ4n) is 2.16. The van der Waals surface area contributed by atoms with Crippen molar-refractivity contribution in [2.75, 3.05) is 13.1 Å². The van der Waals surface area contributed by atoms with E-state index in [2.05, 4.69) is 11.9 Å². The average Bonchev–Trinajstić information content (AvgIpc) is 2.36. The van der Waals surface area contributed by atoms with Crippen molar-refractivity contribution in [1.29, 1.82) is 0 Å². The molecular weight excluding hydrogens is 232 g/mol. The van der Waals surface area contributed by atoms with Crippen molar-refractivity contribution >= 4 is 12.0 Å². The summed E-state index contributed by atoms with van der Waals surface area (Å²) in [5.74, 6) is -0.462. The lowest BCUT2D eigenvalue weighted by atomic mass is 9.93. The van der Waals surface area contributed by atoms with E-state index in [-0.39, 0.29) is 18.5 Å². The van der Waals surface area contributed by atoms with E-state index >= 15 is 0 Å². The molecule has 2 N–H and O–H groups in total. The van der Waals surface area contributed by atoms with Crippen LogP contribution >= 0.6 is 0 Å². The van der Waals surface area contributed by atoms with E-state index in [0.29, 0.717) is 18.9 Å². The maximum atomic E-state index is 11.9. The molecule has 2 amide bonds. The molecule has 5 heteroatoms. The lowest BCUT2D eigenvalue weighted by Gasteiger charge is -2.33. The van der Waals surface area contributed by atoms with Gasteiger partial charge in [-0.05, 0) is 32.1 Å². The maximum Gasteiger partial charge on any atom is 0.317 e. The molecule has 2 unspecified atom stereocenters. The average molecular weight is 254 g/mol. The summed E-state index contributed by atoms with van der Waals surface area (Å²) < 4.78 is 0. The largest absolute Gasteiger partial charge is 0.481 e. The number of carboxylic acids is 1. The van der Waals surface area contributed by atoms with Crippen molar-refractivity contribution in [2.45, 2.75) is 38.6 Å². The minimum absolute atomic E-state index is 0.0445. The number of nitrogens with zero attached hydrogens (tertiary/aromatic N) is 1. The Bertz CT molecular complexity index is 317. The third kappa shape index (κ3) is 4.77. The molecule has 0 aromatic carbocycles.